The number of nitrogens with zero attached hydrogens (tertiary/aromatic N) is 3. The predicted molar refractivity (Wildman–Crippen MR) is 51.9 cm³/mol. The van der Waals surface area contributed by atoms with Crippen LogP contribution in [0.1, 0.15) is 12.8 Å². The Morgan fingerprint density at radius 2 is 2.29 bits per heavy atom. The molecule has 0 aliphatic carbocycles. The zero-order valence-electron chi connectivity index (χ0n) is 8.22. The average molecular weight is 196 g/mol. The van der Waals surface area contributed by atoms with E-state index in [0.29, 0.717) is 6.04 Å². The second-order valence-corrected chi connectivity index (χ2v) is 3.51. The van der Waals surface area contributed by atoms with Crippen molar-refractivity contribution in [1.29, 1.82) is 0 Å². The Morgan fingerprint density at radius 1 is 1.43 bits per heavy atom. The van der Waals surface area contributed by atoms with Gasteiger partial charge in [0.1, 0.15) is 0 Å². The van der Waals surface area contributed by atoms with E-state index in [-0.39, 0.29) is 0 Å². The molecule has 0 atom stereocenters. The van der Waals surface area contributed by atoms with Crippen LogP contribution in [0.15, 0.2) is 12.4 Å². The van der Waals surface area contributed by atoms with Gasteiger partial charge in [-0.25, -0.2) is 0 Å². The Kier molecular flexibility index (Phi) is 3.48. The summed E-state index contributed by atoms with van der Waals surface area (Å²) in [6, 6.07) is 0.618. The smallest absolute Gasteiger partial charge is 0.0692 e. The summed E-state index contributed by atoms with van der Waals surface area (Å²) >= 11 is 0. The van der Waals surface area contributed by atoms with E-state index in [1.807, 2.05) is 10.9 Å². The fourth-order valence-electron chi connectivity index (χ4n) is 1.64. The van der Waals surface area contributed by atoms with E-state index >= 15 is 0 Å². The molecule has 5 heteroatoms. The summed E-state index contributed by atoms with van der Waals surface area (Å²) in [4.78, 5) is 0. The summed E-state index contributed by atoms with van der Waals surface area (Å²) in [5.74, 6) is 0. The van der Waals surface area contributed by atoms with Crippen molar-refractivity contribution >= 4 is 0 Å². The number of hydrogen-bond donors (Lipinski definition) is 1. The van der Waals surface area contributed by atoms with Crippen molar-refractivity contribution in [2.75, 3.05) is 19.8 Å². The van der Waals surface area contributed by atoms with Crippen LogP contribution in [-0.2, 0) is 11.3 Å². The summed E-state index contributed by atoms with van der Waals surface area (Å²) in [7, 11) is 0. The summed E-state index contributed by atoms with van der Waals surface area (Å²) in [6.45, 7) is 3.62. The van der Waals surface area contributed by atoms with Gasteiger partial charge in [-0.05, 0) is 12.8 Å². The average Bonchev–Trinajstić information content (AvgIpc) is 2.72. The van der Waals surface area contributed by atoms with Gasteiger partial charge in [0.15, 0.2) is 0 Å². The zero-order valence-corrected chi connectivity index (χ0v) is 8.22. The summed E-state index contributed by atoms with van der Waals surface area (Å²) < 4.78 is 7.12. The maximum atomic E-state index is 5.28. The van der Waals surface area contributed by atoms with Gasteiger partial charge in [-0.1, -0.05) is 5.21 Å². The lowest BCUT2D eigenvalue weighted by atomic mass is 10.1. The van der Waals surface area contributed by atoms with Crippen LogP contribution in [0.3, 0.4) is 0 Å². The number of hydrogen-bond acceptors (Lipinski definition) is 4. The van der Waals surface area contributed by atoms with Gasteiger partial charge >= 0.3 is 0 Å². The lowest BCUT2D eigenvalue weighted by molar-refractivity contribution is 0.0778. The first-order valence-corrected chi connectivity index (χ1v) is 5.10. The predicted octanol–water partition coefficient (Wildman–Crippen LogP) is 0.0467. The third kappa shape index (κ3) is 2.78. The molecule has 0 radical (unpaired) electrons. The normalized spacial score (nSPS) is 18.6. The molecule has 2 heterocycles. The molecule has 1 aromatic rings. The van der Waals surface area contributed by atoms with Crippen LogP contribution < -0.4 is 5.32 Å². The third-order valence-electron chi connectivity index (χ3n) is 2.47. The first kappa shape index (κ1) is 9.61. The molecule has 1 fully saturated rings. The molecular weight excluding hydrogens is 180 g/mol. The Morgan fingerprint density at radius 3 is 3.00 bits per heavy atom. The first-order valence-electron chi connectivity index (χ1n) is 5.10. The fraction of sp³-hybridized carbons (Fsp3) is 0.778. The van der Waals surface area contributed by atoms with Gasteiger partial charge in [0.25, 0.3) is 0 Å². The quantitative estimate of drug-likeness (QED) is 0.739. The lowest BCUT2D eigenvalue weighted by Gasteiger charge is -2.23. The molecule has 1 saturated heterocycles. The largest absolute Gasteiger partial charge is 0.381 e. The van der Waals surface area contributed by atoms with Crippen molar-refractivity contribution in [2.24, 2.45) is 0 Å². The standard InChI is InChI=1S/C9H16N4O/c1-7-14-8-2-9(1)10-3-5-13-6-4-11-12-13/h4,6,9-10H,1-3,5,7-8H2. The highest BCUT2D eigenvalue weighted by molar-refractivity contribution is 4.70. The summed E-state index contributed by atoms with van der Waals surface area (Å²) in [5, 5.41) is 11.1. The second-order valence-electron chi connectivity index (χ2n) is 3.51. The third-order valence-corrected chi connectivity index (χ3v) is 2.47. The van der Waals surface area contributed by atoms with Gasteiger partial charge in [0.05, 0.1) is 12.7 Å². The van der Waals surface area contributed by atoms with Gasteiger partial charge in [0.2, 0.25) is 0 Å². The van der Waals surface area contributed by atoms with Crippen LogP contribution in [0.4, 0.5) is 0 Å². The molecule has 1 aliphatic rings. The Hall–Kier alpha value is -0.940. The van der Waals surface area contributed by atoms with Crippen molar-refractivity contribution in [2.45, 2.75) is 25.4 Å². The molecule has 0 unspecified atom stereocenters. The van der Waals surface area contributed by atoms with Crippen LogP contribution in [0, 0.1) is 0 Å². The molecule has 1 N–H and O–H groups in total. The van der Waals surface area contributed by atoms with Gasteiger partial charge in [-0.2, -0.15) is 0 Å². The van der Waals surface area contributed by atoms with Gasteiger partial charge < -0.3 is 10.1 Å². The van der Waals surface area contributed by atoms with E-state index in [2.05, 4.69) is 15.6 Å². The van der Waals surface area contributed by atoms with E-state index in [1.54, 1.807) is 6.20 Å². The lowest BCUT2D eigenvalue weighted by Crippen LogP contribution is -2.36. The molecule has 2 rings (SSSR count). The number of nitrogens with one attached hydrogen (secondary N) is 1. The molecule has 14 heavy (non-hydrogen) atoms. The molecule has 1 aromatic heterocycles. The second kappa shape index (κ2) is 5.07. The number of rotatable bonds is 4. The highest BCUT2D eigenvalue weighted by Gasteiger charge is 2.11. The van der Waals surface area contributed by atoms with Crippen LogP contribution in [0.25, 0.3) is 0 Å². The Bertz CT molecular complexity index is 243. The zero-order chi connectivity index (χ0) is 9.64. The van der Waals surface area contributed by atoms with Crippen LogP contribution in [0.2, 0.25) is 0 Å². The Balaban J connectivity index is 1.62. The highest BCUT2D eigenvalue weighted by atomic mass is 16.5. The van der Waals surface area contributed by atoms with Crippen LogP contribution >= 0.6 is 0 Å². The maximum absolute atomic E-state index is 5.28. The van der Waals surface area contributed by atoms with E-state index in [4.69, 9.17) is 4.74 Å². The van der Waals surface area contributed by atoms with Gasteiger partial charge in [-0.15, -0.1) is 5.10 Å². The number of ether oxygens (including phenoxy) is 1. The number of aromatic nitrogens is 3. The van der Waals surface area contributed by atoms with E-state index in [1.165, 1.54) is 0 Å². The topological polar surface area (TPSA) is 52.0 Å². The molecule has 0 saturated carbocycles. The fourth-order valence-corrected chi connectivity index (χ4v) is 1.64. The van der Waals surface area contributed by atoms with Crippen molar-refractivity contribution in [3.05, 3.63) is 12.4 Å². The van der Waals surface area contributed by atoms with E-state index in [0.717, 1.165) is 39.1 Å². The van der Waals surface area contributed by atoms with E-state index in [9.17, 15) is 0 Å². The van der Waals surface area contributed by atoms with Crippen molar-refractivity contribution in [3.8, 4) is 0 Å². The molecule has 0 amide bonds. The van der Waals surface area contributed by atoms with E-state index < -0.39 is 0 Å². The molecule has 5 nitrogen and oxygen atoms in total. The molecule has 0 bridgehead atoms. The minimum absolute atomic E-state index is 0.618. The van der Waals surface area contributed by atoms with Crippen molar-refractivity contribution in [3.63, 3.8) is 0 Å². The van der Waals surface area contributed by atoms with Crippen LogP contribution in [-0.4, -0.2) is 40.8 Å². The molecule has 0 aromatic carbocycles. The van der Waals surface area contributed by atoms with Crippen molar-refractivity contribution in [1.82, 2.24) is 20.3 Å². The maximum Gasteiger partial charge on any atom is 0.0692 e. The minimum atomic E-state index is 0.618. The monoisotopic (exact) mass is 196 g/mol. The highest BCUT2D eigenvalue weighted by Crippen LogP contribution is 2.05. The Labute approximate surface area is 83.4 Å². The molecular formula is C9H16N4O. The molecule has 78 valence electrons. The molecule has 0 spiro atoms. The van der Waals surface area contributed by atoms with Crippen LogP contribution in [0.5, 0.6) is 0 Å². The SMILES string of the molecule is c1cn(CCNC2CCOCC2)nn1. The van der Waals surface area contributed by atoms with Crippen molar-refractivity contribution < 1.29 is 4.74 Å². The molecule has 1 aliphatic heterocycles. The van der Waals surface area contributed by atoms with Gasteiger partial charge in [0, 0.05) is 32.0 Å². The summed E-state index contributed by atoms with van der Waals surface area (Å²) in [6.07, 6.45) is 5.83. The minimum Gasteiger partial charge on any atom is -0.381 e. The van der Waals surface area contributed by atoms with Gasteiger partial charge in [-0.3, -0.25) is 4.68 Å². The summed E-state index contributed by atoms with van der Waals surface area (Å²) in [5.41, 5.74) is 0. The first-order chi connectivity index (χ1) is 6.95.